The van der Waals surface area contributed by atoms with Gasteiger partial charge in [-0.15, -0.1) is 11.3 Å². The molecule has 0 aliphatic rings. The van der Waals surface area contributed by atoms with Crippen LogP contribution in [0.15, 0.2) is 64.2 Å². The van der Waals surface area contributed by atoms with Gasteiger partial charge in [0.1, 0.15) is 4.21 Å². The molecule has 0 aliphatic carbocycles. The molecule has 152 valence electrons. The second kappa shape index (κ2) is 8.05. The van der Waals surface area contributed by atoms with E-state index in [4.69, 9.17) is 11.6 Å². The normalized spacial score (nSPS) is 11.9. The number of amides is 1. The summed E-state index contributed by atoms with van der Waals surface area (Å²) >= 11 is 6.66. The van der Waals surface area contributed by atoms with Gasteiger partial charge in [0.05, 0.1) is 11.3 Å². The molecule has 0 saturated heterocycles. The summed E-state index contributed by atoms with van der Waals surface area (Å²) in [5.41, 5.74) is -1.25. The standard InChI is InChI=1S/C18H12ClF3N2O3S2/c19-12-5-8-15(14(10-12)18(20,21)22)23-17(25)11-3-6-13(7-4-11)24-29(26,27)16-2-1-9-28-16/h1-10,24H,(H,23,25). The summed E-state index contributed by atoms with van der Waals surface area (Å²) in [6.07, 6.45) is -4.70. The Labute approximate surface area is 173 Å². The van der Waals surface area contributed by atoms with E-state index in [2.05, 4.69) is 10.0 Å². The average Bonchev–Trinajstić information content (AvgIpc) is 3.18. The number of hydrogen-bond donors (Lipinski definition) is 2. The maximum Gasteiger partial charge on any atom is 0.418 e. The van der Waals surface area contributed by atoms with E-state index in [0.717, 1.165) is 23.5 Å². The smallest absolute Gasteiger partial charge is 0.321 e. The molecule has 0 radical (unpaired) electrons. The number of thiophene rings is 1. The van der Waals surface area contributed by atoms with E-state index in [-0.39, 0.29) is 20.5 Å². The summed E-state index contributed by atoms with van der Waals surface area (Å²) in [5, 5.41) is 3.70. The van der Waals surface area contributed by atoms with Crippen LogP contribution in [0, 0.1) is 0 Å². The zero-order chi connectivity index (χ0) is 21.2. The molecular formula is C18H12ClF3N2O3S2. The molecule has 0 spiro atoms. The van der Waals surface area contributed by atoms with Gasteiger partial charge >= 0.3 is 6.18 Å². The number of anilines is 2. The molecule has 29 heavy (non-hydrogen) atoms. The first-order chi connectivity index (χ1) is 13.6. The molecule has 0 saturated carbocycles. The van der Waals surface area contributed by atoms with Crippen molar-refractivity contribution in [1.29, 1.82) is 0 Å². The first kappa shape index (κ1) is 21.2. The lowest BCUT2D eigenvalue weighted by atomic mass is 10.1. The molecule has 0 fully saturated rings. The number of carbonyl (C=O) groups is 1. The molecule has 2 N–H and O–H groups in total. The van der Waals surface area contributed by atoms with E-state index in [0.29, 0.717) is 0 Å². The van der Waals surface area contributed by atoms with Gasteiger partial charge in [-0.2, -0.15) is 13.2 Å². The predicted octanol–water partition coefficient (Wildman–Crippen LogP) is 5.47. The maximum atomic E-state index is 13.1. The van der Waals surface area contributed by atoms with Crippen molar-refractivity contribution in [2.24, 2.45) is 0 Å². The summed E-state index contributed by atoms with van der Waals surface area (Å²) < 4.78 is 66.3. The second-order valence-corrected chi connectivity index (χ2v) is 9.05. The van der Waals surface area contributed by atoms with Crippen LogP contribution in [0.25, 0.3) is 0 Å². The van der Waals surface area contributed by atoms with E-state index in [9.17, 15) is 26.4 Å². The zero-order valence-electron chi connectivity index (χ0n) is 14.3. The van der Waals surface area contributed by atoms with E-state index < -0.39 is 33.4 Å². The van der Waals surface area contributed by atoms with Crippen LogP contribution in [0.4, 0.5) is 24.5 Å². The molecule has 2 aromatic carbocycles. The number of rotatable bonds is 5. The SMILES string of the molecule is O=C(Nc1ccc(Cl)cc1C(F)(F)F)c1ccc(NS(=O)(=O)c2cccs2)cc1. The van der Waals surface area contributed by atoms with Crippen LogP contribution in [0.2, 0.25) is 5.02 Å². The summed E-state index contributed by atoms with van der Waals surface area (Å²) in [4.78, 5) is 12.3. The minimum atomic E-state index is -4.70. The molecule has 0 unspecified atom stereocenters. The van der Waals surface area contributed by atoms with Crippen molar-refractivity contribution in [3.63, 3.8) is 0 Å². The highest BCUT2D eigenvalue weighted by Gasteiger charge is 2.34. The topological polar surface area (TPSA) is 75.3 Å². The number of benzene rings is 2. The van der Waals surface area contributed by atoms with Crippen molar-refractivity contribution in [2.75, 3.05) is 10.0 Å². The first-order valence-corrected chi connectivity index (χ1v) is 10.6. The van der Waals surface area contributed by atoms with Gasteiger partial charge < -0.3 is 5.32 Å². The van der Waals surface area contributed by atoms with Gasteiger partial charge in [0.2, 0.25) is 0 Å². The Bertz CT molecular complexity index is 1130. The monoisotopic (exact) mass is 460 g/mol. The molecule has 1 heterocycles. The lowest BCUT2D eigenvalue weighted by molar-refractivity contribution is -0.136. The molecule has 3 rings (SSSR count). The predicted molar refractivity (Wildman–Crippen MR) is 106 cm³/mol. The highest BCUT2D eigenvalue weighted by Crippen LogP contribution is 2.36. The highest BCUT2D eigenvalue weighted by molar-refractivity contribution is 7.94. The van der Waals surface area contributed by atoms with Crippen molar-refractivity contribution >= 4 is 50.2 Å². The Kier molecular flexibility index (Phi) is 5.87. The van der Waals surface area contributed by atoms with Gasteiger partial charge in [0.15, 0.2) is 0 Å². The van der Waals surface area contributed by atoms with Gasteiger partial charge in [-0.1, -0.05) is 17.7 Å². The van der Waals surface area contributed by atoms with Crippen LogP contribution in [0.5, 0.6) is 0 Å². The van der Waals surface area contributed by atoms with Gasteiger partial charge in [-0.25, -0.2) is 8.42 Å². The molecule has 1 amide bonds. The van der Waals surface area contributed by atoms with Crippen LogP contribution in [0.1, 0.15) is 15.9 Å². The Morgan fingerprint density at radius 2 is 1.72 bits per heavy atom. The number of nitrogens with one attached hydrogen (secondary N) is 2. The summed E-state index contributed by atoms with van der Waals surface area (Å²) in [6.45, 7) is 0. The van der Waals surface area contributed by atoms with Crippen molar-refractivity contribution in [2.45, 2.75) is 10.4 Å². The van der Waals surface area contributed by atoms with E-state index in [1.54, 1.807) is 11.4 Å². The number of hydrogen-bond acceptors (Lipinski definition) is 4. The van der Waals surface area contributed by atoms with Crippen LogP contribution in [-0.4, -0.2) is 14.3 Å². The Morgan fingerprint density at radius 3 is 2.31 bits per heavy atom. The van der Waals surface area contributed by atoms with Crippen molar-refractivity contribution in [1.82, 2.24) is 0 Å². The van der Waals surface area contributed by atoms with E-state index in [1.165, 1.54) is 36.4 Å². The van der Waals surface area contributed by atoms with Gasteiger partial charge in [-0.3, -0.25) is 9.52 Å². The minimum absolute atomic E-state index is 0.0483. The fourth-order valence-electron chi connectivity index (χ4n) is 2.37. The van der Waals surface area contributed by atoms with Crippen LogP contribution < -0.4 is 10.0 Å². The fraction of sp³-hybridized carbons (Fsp3) is 0.0556. The summed E-state index contributed by atoms with van der Waals surface area (Å²) in [6, 6.07) is 11.3. The van der Waals surface area contributed by atoms with Gasteiger partial charge in [0.25, 0.3) is 15.9 Å². The van der Waals surface area contributed by atoms with Crippen LogP contribution >= 0.6 is 22.9 Å². The zero-order valence-corrected chi connectivity index (χ0v) is 16.7. The molecule has 11 heteroatoms. The maximum absolute atomic E-state index is 13.1. The largest absolute Gasteiger partial charge is 0.418 e. The highest BCUT2D eigenvalue weighted by atomic mass is 35.5. The third-order valence-electron chi connectivity index (χ3n) is 3.69. The average molecular weight is 461 g/mol. The Balaban J connectivity index is 1.77. The van der Waals surface area contributed by atoms with Gasteiger partial charge in [0, 0.05) is 16.3 Å². The lowest BCUT2D eigenvalue weighted by Crippen LogP contribution is -2.17. The molecule has 0 aliphatic heterocycles. The van der Waals surface area contributed by atoms with Crippen LogP contribution in [-0.2, 0) is 16.2 Å². The third-order valence-corrected chi connectivity index (χ3v) is 6.71. The molecule has 0 bridgehead atoms. The van der Waals surface area contributed by atoms with Crippen molar-refractivity contribution in [3.05, 3.63) is 76.1 Å². The fourth-order valence-corrected chi connectivity index (χ4v) is 4.59. The molecule has 3 aromatic rings. The second-order valence-electron chi connectivity index (χ2n) is 5.76. The minimum Gasteiger partial charge on any atom is -0.321 e. The van der Waals surface area contributed by atoms with Crippen molar-refractivity contribution < 1.29 is 26.4 Å². The molecular weight excluding hydrogens is 449 g/mol. The Morgan fingerprint density at radius 1 is 1.03 bits per heavy atom. The lowest BCUT2D eigenvalue weighted by Gasteiger charge is -2.14. The van der Waals surface area contributed by atoms with Gasteiger partial charge in [-0.05, 0) is 53.9 Å². The third kappa shape index (κ3) is 5.08. The number of alkyl halides is 3. The summed E-state index contributed by atoms with van der Waals surface area (Å²) in [7, 11) is -3.75. The molecule has 0 atom stereocenters. The first-order valence-electron chi connectivity index (χ1n) is 7.91. The number of halogens is 4. The van der Waals surface area contributed by atoms with Crippen LogP contribution in [0.3, 0.4) is 0 Å². The van der Waals surface area contributed by atoms with Crippen molar-refractivity contribution in [3.8, 4) is 0 Å². The quantitative estimate of drug-likeness (QED) is 0.530. The number of sulfonamides is 1. The van der Waals surface area contributed by atoms with E-state index >= 15 is 0 Å². The van der Waals surface area contributed by atoms with E-state index in [1.807, 2.05) is 0 Å². The molecule has 5 nitrogen and oxygen atoms in total. The Hall–Kier alpha value is -2.56. The summed E-state index contributed by atoms with van der Waals surface area (Å²) in [5.74, 6) is -0.787. The number of carbonyl (C=O) groups excluding carboxylic acids is 1. The molecule has 1 aromatic heterocycles.